The van der Waals surface area contributed by atoms with Gasteiger partial charge in [-0.3, -0.25) is 19.6 Å². The molecule has 4 rings (SSSR count). The van der Waals surface area contributed by atoms with E-state index in [9.17, 15) is 9.59 Å². The van der Waals surface area contributed by atoms with Gasteiger partial charge in [0.1, 0.15) is 12.0 Å². The van der Waals surface area contributed by atoms with Crippen LogP contribution in [0.4, 0.5) is 5.69 Å². The summed E-state index contributed by atoms with van der Waals surface area (Å²) in [7, 11) is 1.50. The molecular formula is C23H20Cl2N4O4. The van der Waals surface area contributed by atoms with E-state index < -0.39 is 17.9 Å². The van der Waals surface area contributed by atoms with Crippen LogP contribution in [0.5, 0.6) is 11.5 Å². The van der Waals surface area contributed by atoms with Gasteiger partial charge in [-0.05, 0) is 36.8 Å². The van der Waals surface area contributed by atoms with E-state index in [0.29, 0.717) is 23.6 Å². The van der Waals surface area contributed by atoms with Crippen LogP contribution < -0.4 is 20.1 Å². The van der Waals surface area contributed by atoms with Crippen molar-refractivity contribution in [3.05, 3.63) is 75.8 Å². The molecule has 0 saturated heterocycles. The maximum Gasteiger partial charge on any atom is 0.256 e. The van der Waals surface area contributed by atoms with Gasteiger partial charge in [-0.25, -0.2) is 0 Å². The van der Waals surface area contributed by atoms with E-state index in [1.165, 1.54) is 19.5 Å². The lowest BCUT2D eigenvalue weighted by Crippen LogP contribution is -2.34. The Labute approximate surface area is 200 Å². The van der Waals surface area contributed by atoms with Gasteiger partial charge in [0.15, 0.2) is 11.5 Å². The molecule has 3 heterocycles. The first-order valence-electron chi connectivity index (χ1n) is 10.0. The van der Waals surface area contributed by atoms with Crippen LogP contribution in [0.3, 0.4) is 0 Å². The summed E-state index contributed by atoms with van der Waals surface area (Å²) in [5.41, 5.74) is 1.82. The molecule has 1 aromatic carbocycles. The number of nitrogens with one attached hydrogen (secondary N) is 2. The number of halogens is 2. The molecule has 0 aliphatic carbocycles. The predicted molar refractivity (Wildman–Crippen MR) is 124 cm³/mol. The Morgan fingerprint density at radius 2 is 1.79 bits per heavy atom. The molecule has 10 heteroatoms. The molecule has 8 nitrogen and oxygen atoms in total. The average Bonchev–Trinajstić information content (AvgIpc) is 3.16. The van der Waals surface area contributed by atoms with Crippen LogP contribution in [0.1, 0.15) is 34.3 Å². The summed E-state index contributed by atoms with van der Waals surface area (Å²) in [6, 6.07) is 6.83. The van der Waals surface area contributed by atoms with Gasteiger partial charge >= 0.3 is 0 Å². The minimum atomic E-state index is -0.735. The van der Waals surface area contributed by atoms with Crippen LogP contribution in [0, 0.1) is 0 Å². The van der Waals surface area contributed by atoms with Crippen molar-refractivity contribution in [2.24, 2.45) is 0 Å². The van der Waals surface area contributed by atoms with Gasteiger partial charge in [0.25, 0.3) is 5.91 Å². The number of anilines is 1. The minimum Gasteiger partial charge on any atom is -0.493 e. The van der Waals surface area contributed by atoms with Crippen LogP contribution in [0.2, 0.25) is 10.0 Å². The van der Waals surface area contributed by atoms with E-state index in [0.717, 1.165) is 5.56 Å². The number of aromatic nitrogens is 2. The second-order valence-electron chi connectivity index (χ2n) is 7.36. The predicted octanol–water partition coefficient (Wildman–Crippen LogP) is 4.23. The minimum absolute atomic E-state index is 0.192. The van der Waals surface area contributed by atoms with E-state index in [-0.39, 0.29) is 27.2 Å². The average molecular weight is 487 g/mol. The quantitative estimate of drug-likeness (QED) is 0.540. The number of rotatable bonds is 6. The largest absolute Gasteiger partial charge is 0.493 e. The molecular weight excluding hydrogens is 467 g/mol. The Morgan fingerprint density at radius 3 is 2.45 bits per heavy atom. The Bertz CT molecular complexity index is 1190. The van der Waals surface area contributed by atoms with Crippen molar-refractivity contribution in [2.45, 2.75) is 25.5 Å². The Morgan fingerprint density at radius 1 is 1.09 bits per heavy atom. The molecule has 2 amide bonds. The number of amides is 2. The fraction of sp³-hybridized carbons (Fsp3) is 0.217. The molecule has 2 aromatic heterocycles. The molecule has 33 heavy (non-hydrogen) atoms. The molecule has 1 aliphatic heterocycles. The summed E-state index contributed by atoms with van der Waals surface area (Å²) in [5.74, 6) is -0.721. The molecule has 0 bridgehead atoms. The third-order valence-electron chi connectivity index (χ3n) is 5.30. The lowest BCUT2D eigenvalue weighted by Gasteiger charge is -2.17. The Balaban J connectivity index is 1.67. The van der Waals surface area contributed by atoms with Gasteiger partial charge in [0.05, 0.1) is 22.8 Å². The van der Waals surface area contributed by atoms with Crippen molar-refractivity contribution in [1.82, 2.24) is 15.3 Å². The number of nitrogens with zero attached hydrogens (tertiary/aromatic N) is 2. The molecule has 0 saturated carbocycles. The third-order valence-corrected chi connectivity index (χ3v) is 5.87. The lowest BCUT2D eigenvalue weighted by atomic mass is 9.90. The fourth-order valence-electron chi connectivity index (χ4n) is 3.71. The number of ether oxygens (including phenoxy) is 2. The zero-order valence-corrected chi connectivity index (χ0v) is 19.3. The van der Waals surface area contributed by atoms with E-state index in [2.05, 4.69) is 20.6 Å². The van der Waals surface area contributed by atoms with Crippen LogP contribution in [0.15, 0.2) is 49.1 Å². The summed E-state index contributed by atoms with van der Waals surface area (Å²) < 4.78 is 11.4. The number of carbonyl (C=O) groups is 2. The highest BCUT2D eigenvalue weighted by Gasteiger charge is 2.41. The van der Waals surface area contributed by atoms with Crippen LogP contribution >= 0.6 is 23.2 Å². The Hall–Kier alpha value is -3.36. The first kappa shape index (κ1) is 22.8. The van der Waals surface area contributed by atoms with Gasteiger partial charge in [-0.2, -0.15) is 0 Å². The number of methoxy groups -OCH3 is 1. The number of benzene rings is 1. The van der Waals surface area contributed by atoms with Crippen molar-refractivity contribution in [3.63, 3.8) is 0 Å². The van der Waals surface area contributed by atoms with Gasteiger partial charge in [0.2, 0.25) is 5.91 Å². The highest BCUT2D eigenvalue weighted by molar-refractivity contribution is 6.39. The number of hydrogen-bond donors (Lipinski definition) is 2. The number of fused-ring (bicyclic) bond motifs is 1. The van der Waals surface area contributed by atoms with Gasteiger partial charge in [-0.1, -0.05) is 23.2 Å². The molecule has 2 atom stereocenters. The zero-order chi connectivity index (χ0) is 23.5. The van der Waals surface area contributed by atoms with E-state index >= 15 is 0 Å². The van der Waals surface area contributed by atoms with E-state index in [1.807, 2.05) is 12.1 Å². The highest BCUT2D eigenvalue weighted by Crippen LogP contribution is 2.46. The molecule has 170 valence electrons. The Kier molecular flexibility index (Phi) is 6.67. The molecule has 3 aromatic rings. The van der Waals surface area contributed by atoms with E-state index in [1.54, 1.807) is 31.5 Å². The summed E-state index contributed by atoms with van der Waals surface area (Å²) in [4.78, 5) is 34.3. The second-order valence-corrected chi connectivity index (χ2v) is 8.18. The van der Waals surface area contributed by atoms with Gasteiger partial charge in [-0.15, -0.1) is 0 Å². The maximum atomic E-state index is 13.2. The SMILES string of the molecule is COc1ccc(C(=O)Nc2c(Cl)cncc2Cl)c2c1OC(C)C2C(=O)NCc1ccncc1. The topological polar surface area (TPSA) is 102 Å². The monoisotopic (exact) mass is 486 g/mol. The number of pyridine rings is 2. The summed E-state index contributed by atoms with van der Waals surface area (Å²) in [5, 5.41) is 6.01. The number of carbonyl (C=O) groups excluding carboxylic acids is 2. The van der Waals surface area contributed by atoms with Crippen molar-refractivity contribution in [2.75, 3.05) is 12.4 Å². The molecule has 2 unspecified atom stereocenters. The van der Waals surface area contributed by atoms with Crippen molar-refractivity contribution in [3.8, 4) is 11.5 Å². The van der Waals surface area contributed by atoms with E-state index in [4.69, 9.17) is 32.7 Å². The first-order chi connectivity index (χ1) is 15.9. The van der Waals surface area contributed by atoms with Crippen LogP contribution in [0.25, 0.3) is 0 Å². The third kappa shape index (κ3) is 4.58. The normalized spacial score (nSPS) is 16.5. The molecule has 1 aliphatic rings. The fourth-order valence-corrected chi connectivity index (χ4v) is 4.17. The molecule has 0 radical (unpaired) electrons. The van der Waals surface area contributed by atoms with Crippen molar-refractivity contribution < 1.29 is 19.1 Å². The molecule has 2 N–H and O–H groups in total. The molecule has 0 fully saturated rings. The van der Waals surface area contributed by atoms with Crippen LogP contribution in [-0.4, -0.2) is 35.0 Å². The first-order valence-corrected chi connectivity index (χ1v) is 10.8. The van der Waals surface area contributed by atoms with Crippen molar-refractivity contribution in [1.29, 1.82) is 0 Å². The second kappa shape index (κ2) is 9.64. The summed E-state index contributed by atoms with van der Waals surface area (Å²) in [6.07, 6.45) is 5.54. The summed E-state index contributed by atoms with van der Waals surface area (Å²) in [6.45, 7) is 2.09. The highest BCUT2D eigenvalue weighted by atomic mass is 35.5. The van der Waals surface area contributed by atoms with Crippen molar-refractivity contribution >= 4 is 40.7 Å². The lowest BCUT2D eigenvalue weighted by molar-refractivity contribution is -0.123. The van der Waals surface area contributed by atoms with Gasteiger partial charge < -0.3 is 20.1 Å². The smallest absolute Gasteiger partial charge is 0.256 e. The number of hydrogen-bond acceptors (Lipinski definition) is 6. The van der Waals surface area contributed by atoms with Crippen LogP contribution in [-0.2, 0) is 11.3 Å². The standard InChI is InChI=1S/C23H20Cl2N4O4/c1-12-18(23(31)28-9-13-5-7-26-8-6-13)19-14(3-4-17(32-2)21(19)33-12)22(30)29-20-15(24)10-27-11-16(20)25/h3-8,10-12,18H,9H2,1-2H3,(H,28,31)(H,27,29,30). The maximum absolute atomic E-state index is 13.2. The van der Waals surface area contributed by atoms with Gasteiger partial charge in [0, 0.05) is 42.5 Å². The zero-order valence-electron chi connectivity index (χ0n) is 17.8. The summed E-state index contributed by atoms with van der Waals surface area (Å²) >= 11 is 12.3. The molecule has 0 spiro atoms.